The predicted octanol–water partition coefficient (Wildman–Crippen LogP) is 3.31. The van der Waals surface area contributed by atoms with Crippen LogP contribution in [0.1, 0.15) is 19.4 Å². The molecule has 0 spiro atoms. The van der Waals surface area contributed by atoms with E-state index < -0.39 is 12.8 Å². The molecule has 0 atom stereocenters. The second-order valence-electron chi connectivity index (χ2n) is 5.37. The first-order chi connectivity index (χ1) is 10.7. The van der Waals surface area contributed by atoms with Crippen molar-refractivity contribution in [1.82, 2.24) is 5.32 Å². The Morgan fingerprint density at radius 3 is 2.50 bits per heavy atom. The summed E-state index contributed by atoms with van der Waals surface area (Å²) < 4.78 is 46.3. The summed E-state index contributed by atoms with van der Waals surface area (Å²) in [6, 6.07) is 4.62. The van der Waals surface area contributed by atoms with E-state index in [0.29, 0.717) is 18.4 Å². The molecule has 0 aliphatic heterocycles. The molecule has 0 bridgehead atoms. The number of hydrogen-bond acceptors (Lipinski definition) is 3. The Morgan fingerprint density at radius 1 is 1.29 bits per heavy atom. The SMILES string of the molecule is COc1cc(CN=C(N)NCC(C)C)ccc1OCC(F)(F)F.I. The lowest BCUT2D eigenvalue weighted by molar-refractivity contribution is -0.153. The Labute approximate surface area is 156 Å². The zero-order chi connectivity index (χ0) is 17.5. The molecule has 1 rings (SSSR count). The topological polar surface area (TPSA) is 68.9 Å². The number of methoxy groups -OCH3 is 1. The molecule has 0 amide bonds. The van der Waals surface area contributed by atoms with Gasteiger partial charge in [-0.2, -0.15) is 13.2 Å². The van der Waals surface area contributed by atoms with Crippen LogP contribution in [-0.4, -0.2) is 32.4 Å². The van der Waals surface area contributed by atoms with Gasteiger partial charge in [0.25, 0.3) is 0 Å². The smallest absolute Gasteiger partial charge is 0.422 e. The lowest BCUT2D eigenvalue weighted by Gasteiger charge is -2.13. The van der Waals surface area contributed by atoms with Crippen LogP contribution in [0.4, 0.5) is 13.2 Å². The van der Waals surface area contributed by atoms with Crippen LogP contribution in [0.5, 0.6) is 11.5 Å². The van der Waals surface area contributed by atoms with Gasteiger partial charge in [-0.15, -0.1) is 24.0 Å². The highest BCUT2D eigenvalue weighted by atomic mass is 127. The lowest BCUT2D eigenvalue weighted by Crippen LogP contribution is -2.34. The summed E-state index contributed by atoms with van der Waals surface area (Å²) in [5.41, 5.74) is 6.47. The summed E-state index contributed by atoms with van der Waals surface area (Å²) in [5.74, 6) is 1.00. The molecule has 1 aromatic carbocycles. The zero-order valence-electron chi connectivity index (χ0n) is 13.8. The Balaban J connectivity index is 0.00000529. The molecule has 0 saturated carbocycles. The predicted molar refractivity (Wildman–Crippen MR) is 98.1 cm³/mol. The minimum Gasteiger partial charge on any atom is -0.493 e. The maximum atomic E-state index is 12.2. The summed E-state index contributed by atoms with van der Waals surface area (Å²) in [6.45, 7) is 3.72. The number of nitrogens with one attached hydrogen (secondary N) is 1. The van der Waals surface area contributed by atoms with E-state index in [2.05, 4.69) is 10.3 Å². The number of nitrogens with zero attached hydrogens (tertiary/aromatic N) is 1. The Kier molecular flexibility index (Phi) is 9.86. The maximum Gasteiger partial charge on any atom is 0.422 e. The molecule has 0 aliphatic rings. The van der Waals surface area contributed by atoms with E-state index in [1.807, 2.05) is 13.8 Å². The largest absolute Gasteiger partial charge is 0.493 e. The fraction of sp³-hybridized carbons (Fsp3) is 0.533. The average molecular weight is 461 g/mol. The monoisotopic (exact) mass is 461 g/mol. The van der Waals surface area contributed by atoms with Gasteiger partial charge in [-0.3, -0.25) is 0 Å². The van der Waals surface area contributed by atoms with E-state index in [1.165, 1.54) is 13.2 Å². The summed E-state index contributed by atoms with van der Waals surface area (Å²) in [5, 5.41) is 2.98. The third kappa shape index (κ3) is 9.04. The number of nitrogens with two attached hydrogens (primary N) is 1. The van der Waals surface area contributed by atoms with Crippen molar-refractivity contribution in [2.75, 3.05) is 20.3 Å². The highest BCUT2D eigenvalue weighted by Gasteiger charge is 2.29. The van der Waals surface area contributed by atoms with Crippen LogP contribution >= 0.6 is 24.0 Å². The Bertz CT molecular complexity index is 537. The number of hydrogen-bond donors (Lipinski definition) is 2. The summed E-state index contributed by atoms with van der Waals surface area (Å²) in [7, 11) is 1.36. The second kappa shape index (κ2) is 10.5. The van der Waals surface area contributed by atoms with E-state index >= 15 is 0 Å². The van der Waals surface area contributed by atoms with Crippen LogP contribution in [-0.2, 0) is 6.54 Å². The molecule has 0 saturated heterocycles. The molecule has 0 aromatic heterocycles. The molecular formula is C15H23F3IN3O2. The van der Waals surface area contributed by atoms with E-state index in [-0.39, 0.29) is 42.0 Å². The molecule has 0 unspecified atom stereocenters. The highest BCUT2D eigenvalue weighted by molar-refractivity contribution is 14.0. The van der Waals surface area contributed by atoms with Gasteiger partial charge in [0.05, 0.1) is 13.7 Å². The third-order valence-electron chi connectivity index (χ3n) is 2.74. The highest BCUT2D eigenvalue weighted by Crippen LogP contribution is 2.30. The van der Waals surface area contributed by atoms with Crippen LogP contribution in [0, 0.1) is 5.92 Å². The number of rotatable bonds is 7. The van der Waals surface area contributed by atoms with Crippen molar-refractivity contribution >= 4 is 29.9 Å². The van der Waals surface area contributed by atoms with Gasteiger partial charge < -0.3 is 20.5 Å². The van der Waals surface area contributed by atoms with Gasteiger partial charge in [-0.25, -0.2) is 4.99 Å². The fourth-order valence-electron chi connectivity index (χ4n) is 1.63. The van der Waals surface area contributed by atoms with Crippen molar-refractivity contribution < 1.29 is 22.6 Å². The number of halogens is 4. The molecule has 0 heterocycles. The first-order valence-corrected chi connectivity index (χ1v) is 7.11. The zero-order valence-corrected chi connectivity index (χ0v) is 16.1. The number of guanidine groups is 1. The molecule has 24 heavy (non-hydrogen) atoms. The van der Waals surface area contributed by atoms with Crippen LogP contribution in [0.15, 0.2) is 23.2 Å². The van der Waals surface area contributed by atoms with Crippen molar-refractivity contribution in [2.24, 2.45) is 16.6 Å². The standard InChI is InChI=1S/C15H22F3N3O2.HI/c1-10(2)7-20-14(19)21-8-11-4-5-12(13(6-11)22-3)23-9-15(16,17)18;/h4-6,10H,7-9H2,1-3H3,(H3,19,20,21);1H. The first kappa shape index (κ1) is 22.6. The van der Waals surface area contributed by atoms with Crippen LogP contribution < -0.4 is 20.5 Å². The number of benzene rings is 1. The van der Waals surface area contributed by atoms with Gasteiger partial charge in [0, 0.05) is 6.54 Å². The molecule has 9 heteroatoms. The molecule has 0 radical (unpaired) electrons. The fourth-order valence-corrected chi connectivity index (χ4v) is 1.63. The van der Waals surface area contributed by atoms with Crippen LogP contribution in [0.25, 0.3) is 0 Å². The molecule has 0 fully saturated rings. The van der Waals surface area contributed by atoms with E-state index in [9.17, 15) is 13.2 Å². The quantitative estimate of drug-likeness (QED) is 0.372. The van der Waals surface area contributed by atoms with Crippen LogP contribution in [0.3, 0.4) is 0 Å². The third-order valence-corrected chi connectivity index (χ3v) is 2.74. The summed E-state index contributed by atoms with van der Waals surface area (Å²) in [6.07, 6.45) is -4.40. The minimum atomic E-state index is -4.40. The molecule has 138 valence electrons. The minimum absolute atomic E-state index is 0. The van der Waals surface area contributed by atoms with Crippen LogP contribution in [0.2, 0.25) is 0 Å². The lowest BCUT2D eigenvalue weighted by atomic mass is 10.2. The van der Waals surface area contributed by atoms with E-state index in [0.717, 1.165) is 5.56 Å². The van der Waals surface area contributed by atoms with Gasteiger partial charge >= 0.3 is 6.18 Å². The molecule has 5 nitrogen and oxygen atoms in total. The average Bonchev–Trinajstić information content (AvgIpc) is 2.48. The van der Waals surface area contributed by atoms with Crippen molar-refractivity contribution in [3.63, 3.8) is 0 Å². The van der Waals surface area contributed by atoms with E-state index in [4.69, 9.17) is 15.2 Å². The first-order valence-electron chi connectivity index (χ1n) is 7.11. The van der Waals surface area contributed by atoms with Gasteiger partial charge in [-0.05, 0) is 23.6 Å². The second-order valence-corrected chi connectivity index (χ2v) is 5.37. The maximum absolute atomic E-state index is 12.2. The van der Waals surface area contributed by atoms with Gasteiger partial charge in [-0.1, -0.05) is 19.9 Å². The number of alkyl halides is 3. The van der Waals surface area contributed by atoms with Crippen molar-refractivity contribution in [3.05, 3.63) is 23.8 Å². The molecule has 0 aliphatic carbocycles. The summed E-state index contributed by atoms with van der Waals surface area (Å²) >= 11 is 0. The van der Waals surface area contributed by atoms with Gasteiger partial charge in [0.1, 0.15) is 0 Å². The van der Waals surface area contributed by atoms with E-state index in [1.54, 1.807) is 12.1 Å². The van der Waals surface area contributed by atoms with Crippen molar-refractivity contribution in [3.8, 4) is 11.5 Å². The molecule has 1 aromatic rings. The Hall–Kier alpha value is -1.39. The number of ether oxygens (including phenoxy) is 2. The number of aliphatic imine (C=N–C) groups is 1. The normalized spacial score (nSPS) is 11.9. The summed E-state index contributed by atoms with van der Waals surface area (Å²) in [4.78, 5) is 4.16. The molecule has 3 N–H and O–H groups in total. The Morgan fingerprint density at radius 2 is 1.96 bits per heavy atom. The van der Waals surface area contributed by atoms with Gasteiger partial charge in [0.15, 0.2) is 24.1 Å². The van der Waals surface area contributed by atoms with Crippen molar-refractivity contribution in [2.45, 2.75) is 26.6 Å². The molecular weight excluding hydrogens is 438 g/mol. The van der Waals surface area contributed by atoms with Gasteiger partial charge in [0.2, 0.25) is 0 Å². The van der Waals surface area contributed by atoms with Crippen molar-refractivity contribution in [1.29, 1.82) is 0 Å².